The maximum absolute atomic E-state index is 5.45. The Bertz CT molecular complexity index is 348. The van der Waals surface area contributed by atoms with Gasteiger partial charge in [-0.1, -0.05) is 13.0 Å². The van der Waals surface area contributed by atoms with E-state index >= 15 is 0 Å². The molecule has 0 spiro atoms. The normalized spacial score (nSPS) is 24.4. The number of rotatable bonds is 3. The van der Waals surface area contributed by atoms with Crippen molar-refractivity contribution in [1.82, 2.24) is 5.32 Å². The smallest absolute Gasteiger partial charge is 0.127 e. The van der Waals surface area contributed by atoms with Gasteiger partial charge in [0.1, 0.15) is 11.5 Å². The van der Waals surface area contributed by atoms with Crippen molar-refractivity contribution in [2.75, 3.05) is 20.8 Å². The van der Waals surface area contributed by atoms with Crippen LogP contribution < -0.4 is 14.8 Å². The van der Waals surface area contributed by atoms with Gasteiger partial charge < -0.3 is 14.8 Å². The second kappa shape index (κ2) is 5.41. The summed E-state index contributed by atoms with van der Waals surface area (Å²) in [5.41, 5.74) is 1.16. The Morgan fingerprint density at radius 2 is 1.76 bits per heavy atom. The van der Waals surface area contributed by atoms with E-state index in [0.717, 1.165) is 35.9 Å². The minimum absolute atomic E-state index is 0.345. The quantitative estimate of drug-likeness (QED) is 0.874. The number of methoxy groups -OCH3 is 2. The van der Waals surface area contributed by atoms with Gasteiger partial charge in [-0.3, -0.25) is 0 Å². The highest BCUT2D eigenvalue weighted by molar-refractivity contribution is 5.47. The monoisotopic (exact) mass is 235 g/mol. The second-order valence-electron chi connectivity index (χ2n) is 4.72. The third kappa shape index (κ3) is 2.55. The summed E-state index contributed by atoms with van der Waals surface area (Å²) in [4.78, 5) is 0. The van der Waals surface area contributed by atoms with Crippen LogP contribution >= 0.6 is 0 Å². The molecule has 0 radical (unpaired) electrons. The topological polar surface area (TPSA) is 30.5 Å². The zero-order valence-corrected chi connectivity index (χ0v) is 10.8. The van der Waals surface area contributed by atoms with Gasteiger partial charge in [0.05, 0.1) is 19.8 Å². The van der Waals surface area contributed by atoms with Crippen molar-refractivity contribution in [3.63, 3.8) is 0 Å². The first kappa shape index (κ1) is 12.2. The van der Waals surface area contributed by atoms with E-state index in [4.69, 9.17) is 9.47 Å². The van der Waals surface area contributed by atoms with Crippen LogP contribution in [0.3, 0.4) is 0 Å². The van der Waals surface area contributed by atoms with Crippen molar-refractivity contribution in [2.45, 2.75) is 25.8 Å². The molecule has 0 saturated carbocycles. The predicted octanol–water partition coefficient (Wildman–Crippen LogP) is 2.76. The zero-order chi connectivity index (χ0) is 12.3. The maximum atomic E-state index is 5.45. The van der Waals surface area contributed by atoms with Gasteiger partial charge >= 0.3 is 0 Å². The molecule has 2 rings (SSSR count). The Hall–Kier alpha value is -1.22. The van der Waals surface area contributed by atoms with Crippen LogP contribution in [-0.4, -0.2) is 20.8 Å². The molecule has 3 heteroatoms. The molecule has 0 amide bonds. The first-order valence-corrected chi connectivity index (χ1v) is 6.20. The lowest BCUT2D eigenvalue weighted by Crippen LogP contribution is -2.32. The number of hydrogen-bond donors (Lipinski definition) is 1. The number of ether oxygens (including phenoxy) is 2. The minimum atomic E-state index is 0.345. The van der Waals surface area contributed by atoms with Gasteiger partial charge in [0.25, 0.3) is 0 Å². The van der Waals surface area contributed by atoms with E-state index in [2.05, 4.69) is 12.2 Å². The Kier molecular flexibility index (Phi) is 3.89. The first-order chi connectivity index (χ1) is 8.26. The molecule has 1 aliphatic heterocycles. The van der Waals surface area contributed by atoms with Gasteiger partial charge in [0.15, 0.2) is 0 Å². The molecule has 0 aromatic heterocycles. The Balaban J connectivity index is 2.29. The SMILES string of the molecule is COc1cccc(OC)c1C1CCC(C)CN1. The van der Waals surface area contributed by atoms with Crippen LogP contribution in [0.1, 0.15) is 31.4 Å². The predicted molar refractivity (Wildman–Crippen MR) is 68.7 cm³/mol. The molecule has 1 aromatic carbocycles. The first-order valence-electron chi connectivity index (χ1n) is 6.20. The summed E-state index contributed by atoms with van der Waals surface area (Å²) in [6, 6.07) is 6.30. The molecule has 1 saturated heterocycles. The Labute approximate surface area is 103 Å². The van der Waals surface area contributed by atoms with Crippen molar-refractivity contribution in [3.8, 4) is 11.5 Å². The Morgan fingerprint density at radius 1 is 1.12 bits per heavy atom. The highest BCUT2D eigenvalue weighted by Gasteiger charge is 2.24. The summed E-state index contributed by atoms with van der Waals surface area (Å²) < 4.78 is 10.9. The van der Waals surface area contributed by atoms with E-state index < -0.39 is 0 Å². The lowest BCUT2D eigenvalue weighted by molar-refractivity contribution is 0.310. The molecular weight excluding hydrogens is 214 g/mol. The summed E-state index contributed by atoms with van der Waals surface area (Å²) in [6.45, 7) is 3.34. The van der Waals surface area contributed by atoms with Crippen LogP contribution in [0, 0.1) is 5.92 Å². The fourth-order valence-corrected chi connectivity index (χ4v) is 2.47. The van der Waals surface area contributed by atoms with E-state index in [0.29, 0.717) is 6.04 Å². The van der Waals surface area contributed by atoms with Crippen LogP contribution in [0.5, 0.6) is 11.5 Å². The second-order valence-corrected chi connectivity index (χ2v) is 4.72. The van der Waals surface area contributed by atoms with Gasteiger partial charge in [-0.05, 0) is 37.4 Å². The molecule has 1 aliphatic rings. The molecule has 2 unspecified atom stereocenters. The van der Waals surface area contributed by atoms with Crippen molar-refractivity contribution >= 4 is 0 Å². The van der Waals surface area contributed by atoms with Crippen molar-refractivity contribution < 1.29 is 9.47 Å². The van der Waals surface area contributed by atoms with E-state index in [1.54, 1.807) is 14.2 Å². The number of piperidine rings is 1. The lowest BCUT2D eigenvalue weighted by Gasteiger charge is -2.30. The van der Waals surface area contributed by atoms with Gasteiger partial charge in [0.2, 0.25) is 0 Å². The van der Waals surface area contributed by atoms with Crippen LogP contribution in [0.25, 0.3) is 0 Å². The third-order valence-electron chi connectivity index (χ3n) is 3.48. The highest BCUT2D eigenvalue weighted by Crippen LogP contribution is 2.38. The standard InChI is InChI=1S/C14H21NO2/c1-10-7-8-11(15-9-10)14-12(16-2)5-4-6-13(14)17-3/h4-6,10-11,15H,7-9H2,1-3H3. The lowest BCUT2D eigenvalue weighted by atomic mass is 9.91. The molecule has 0 aliphatic carbocycles. The van der Waals surface area contributed by atoms with Crippen LogP contribution in [-0.2, 0) is 0 Å². The van der Waals surface area contributed by atoms with Crippen molar-refractivity contribution in [1.29, 1.82) is 0 Å². The molecule has 1 aromatic rings. The van der Waals surface area contributed by atoms with Crippen molar-refractivity contribution in [2.24, 2.45) is 5.92 Å². The van der Waals surface area contributed by atoms with Gasteiger partial charge in [0, 0.05) is 6.04 Å². The summed E-state index contributed by atoms with van der Waals surface area (Å²) in [5, 5.41) is 3.57. The summed E-state index contributed by atoms with van der Waals surface area (Å²) in [6.07, 6.45) is 2.39. The number of nitrogens with one attached hydrogen (secondary N) is 1. The number of hydrogen-bond acceptors (Lipinski definition) is 3. The zero-order valence-electron chi connectivity index (χ0n) is 10.8. The Morgan fingerprint density at radius 3 is 2.24 bits per heavy atom. The van der Waals surface area contributed by atoms with Gasteiger partial charge in [-0.15, -0.1) is 0 Å². The molecule has 1 fully saturated rings. The maximum Gasteiger partial charge on any atom is 0.127 e. The van der Waals surface area contributed by atoms with Crippen LogP contribution in [0.4, 0.5) is 0 Å². The molecule has 2 atom stereocenters. The van der Waals surface area contributed by atoms with Gasteiger partial charge in [-0.2, -0.15) is 0 Å². The van der Waals surface area contributed by atoms with Crippen LogP contribution in [0.15, 0.2) is 18.2 Å². The van der Waals surface area contributed by atoms with E-state index in [9.17, 15) is 0 Å². The molecule has 0 bridgehead atoms. The van der Waals surface area contributed by atoms with Crippen molar-refractivity contribution in [3.05, 3.63) is 23.8 Å². The fourth-order valence-electron chi connectivity index (χ4n) is 2.47. The minimum Gasteiger partial charge on any atom is -0.496 e. The third-order valence-corrected chi connectivity index (χ3v) is 3.48. The van der Waals surface area contributed by atoms with Crippen LogP contribution in [0.2, 0.25) is 0 Å². The molecule has 1 N–H and O–H groups in total. The largest absolute Gasteiger partial charge is 0.496 e. The summed E-state index contributed by atoms with van der Waals surface area (Å²) >= 11 is 0. The van der Waals surface area contributed by atoms with E-state index in [-0.39, 0.29) is 0 Å². The number of benzene rings is 1. The van der Waals surface area contributed by atoms with E-state index in [1.807, 2.05) is 18.2 Å². The average Bonchev–Trinajstić information content (AvgIpc) is 2.38. The fraction of sp³-hybridized carbons (Fsp3) is 0.571. The average molecular weight is 235 g/mol. The molecule has 17 heavy (non-hydrogen) atoms. The summed E-state index contributed by atoms with van der Waals surface area (Å²) in [7, 11) is 3.42. The summed E-state index contributed by atoms with van der Waals surface area (Å²) in [5.74, 6) is 2.58. The molecule has 1 heterocycles. The van der Waals surface area contributed by atoms with E-state index in [1.165, 1.54) is 6.42 Å². The van der Waals surface area contributed by atoms with Gasteiger partial charge in [-0.25, -0.2) is 0 Å². The molecule has 3 nitrogen and oxygen atoms in total. The highest BCUT2D eigenvalue weighted by atomic mass is 16.5. The molecular formula is C14H21NO2. The molecule has 94 valence electrons.